The first kappa shape index (κ1) is 21.7. The minimum Gasteiger partial charge on any atom is -0.497 e. The summed E-state index contributed by atoms with van der Waals surface area (Å²) in [5.74, 6) is 1.33. The van der Waals surface area contributed by atoms with Crippen LogP contribution in [0.1, 0.15) is 21.7 Å². The predicted octanol–water partition coefficient (Wildman–Crippen LogP) is 2.50. The zero-order chi connectivity index (χ0) is 22.8. The average Bonchev–Trinajstić information content (AvgIpc) is 3.36. The Morgan fingerprint density at radius 3 is 2.47 bits per heavy atom. The van der Waals surface area contributed by atoms with E-state index in [1.807, 2.05) is 4.90 Å². The standard InChI is InChI=1S/C22H26FN7O2/c1-13-20(23)14(2)27-22(26-13)30-11-15-9-29(10-16(15)12-30)21(31)18-5-4-17(32-3)8-19(18)28-25-7-6-24/h4-8,15-16,24,28H,9-12H2,1-3H3. The van der Waals surface area contributed by atoms with Gasteiger partial charge in [-0.05, 0) is 26.0 Å². The van der Waals surface area contributed by atoms with Crippen molar-refractivity contribution in [2.75, 3.05) is 43.6 Å². The summed E-state index contributed by atoms with van der Waals surface area (Å²) in [6, 6.07) is 5.18. The zero-order valence-corrected chi connectivity index (χ0v) is 18.3. The third-order valence-electron chi connectivity index (χ3n) is 6.02. The SMILES string of the molecule is COc1ccc(C(=O)N2CC3CN(c4nc(C)c(F)c(C)n4)CC3C2)c(NN=CC=N)c1. The molecule has 0 spiro atoms. The highest BCUT2D eigenvalue weighted by atomic mass is 19.1. The number of likely N-dealkylation sites (tertiary alicyclic amines) is 1. The van der Waals surface area contributed by atoms with Crippen LogP contribution in [0.4, 0.5) is 16.0 Å². The molecule has 2 unspecified atom stereocenters. The molecule has 1 aromatic heterocycles. The van der Waals surface area contributed by atoms with Gasteiger partial charge in [0.1, 0.15) is 5.75 Å². The molecule has 168 valence electrons. The summed E-state index contributed by atoms with van der Waals surface area (Å²) < 4.78 is 19.1. The van der Waals surface area contributed by atoms with Crippen molar-refractivity contribution in [2.45, 2.75) is 13.8 Å². The molecule has 0 bridgehead atoms. The number of fused-ring (bicyclic) bond motifs is 1. The molecule has 3 heterocycles. The lowest BCUT2D eigenvalue weighted by Gasteiger charge is -2.23. The monoisotopic (exact) mass is 439 g/mol. The van der Waals surface area contributed by atoms with Crippen molar-refractivity contribution in [1.29, 1.82) is 5.41 Å². The van der Waals surface area contributed by atoms with Crippen LogP contribution < -0.4 is 15.1 Å². The number of nitrogens with zero attached hydrogens (tertiary/aromatic N) is 5. The van der Waals surface area contributed by atoms with E-state index in [0.717, 1.165) is 19.3 Å². The molecular formula is C22H26FN7O2. The summed E-state index contributed by atoms with van der Waals surface area (Å²) in [7, 11) is 1.56. The van der Waals surface area contributed by atoms with E-state index in [1.165, 1.54) is 6.21 Å². The number of methoxy groups -OCH3 is 1. The molecule has 0 radical (unpaired) electrons. The maximum absolute atomic E-state index is 13.9. The van der Waals surface area contributed by atoms with Gasteiger partial charge < -0.3 is 19.9 Å². The minimum absolute atomic E-state index is 0.0779. The normalized spacial score (nSPS) is 20.0. The van der Waals surface area contributed by atoms with Crippen LogP contribution in [0.25, 0.3) is 0 Å². The van der Waals surface area contributed by atoms with Crippen molar-refractivity contribution in [3.05, 3.63) is 41.0 Å². The fraction of sp³-hybridized carbons (Fsp3) is 0.409. The molecule has 0 saturated carbocycles. The van der Waals surface area contributed by atoms with Gasteiger partial charge in [-0.1, -0.05) is 0 Å². The van der Waals surface area contributed by atoms with Crippen LogP contribution in [0.2, 0.25) is 0 Å². The van der Waals surface area contributed by atoms with Gasteiger partial charge in [0.15, 0.2) is 5.82 Å². The van der Waals surface area contributed by atoms with Crippen molar-refractivity contribution < 1.29 is 13.9 Å². The smallest absolute Gasteiger partial charge is 0.256 e. The van der Waals surface area contributed by atoms with Gasteiger partial charge in [0.05, 0.1) is 36.0 Å². The number of ether oxygens (including phenoxy) is 1. The summed E-state index contributed by atoms with van der Waals surface area (Å²) >= 11 is 0. The molecule has 0 aliphatic carbocycles. The highest BCUT2D eigenvalue weighted by Gasteiger charge is 2.43. The lowest BCUT2D eigenvalue weighted by Crippen LogP contribution is -2.34. The molecular weight excluding hydrogens is 413 g/mol. The second-order valence-electron chi connectivity index (χ2n) is 8.11. The van der Waals surface area contributed by atoms with Gasteiger partial charge >= 0.3 is 0 Å². The van der Waals surface area contributed by atoms with E-state index in [9.17, 15) is 9.18 Å². The first-order valence-electron chi connectivity index (χ1n) is 10.4. The Morgan fingerprint density at radius 1 is 1.22 bits per heavy atom. The number of carbonyl (C=O) groups excluding carboxylic acids is 1. The van der Waals surface area contributed by atoms with Crippen LogP contribution >= 0.6 is 0 Å². The van der Waals surface area contributed by atoms with Crippen LogP contribution in [0.15, 0.2) is 23.3 Å². The largest absolute Gasteiger partial charge is 0.497 e. The van der Waals surface area contributed by atoms with Gasteiger partial charge in [-0.25, -0.2) is 14.4 Å². The summed E-state index contributed by atoms with van der Waals surface area (Å²) in [5, 5.41) is 11.0. The van der Waals surface area contributed by atoms with E-state index in [2.05, 4.69) is 25.4 Å². The van der Waals surface area contributed by atoms with E-state index in [0.29, 0.717) is 59.3 Å². The summed E-state index contributed by atoms with van der Waals surface area (Å²) in [4.78, 5) is 25.9. The van der Waals surface area contributed by atoms with Crippen molar-refractivity contribution in [1.82, 2.24) is 14.9 Å². The second-order valence-corrected chi connectivity index (χ2v) is 8.11. The van der Waals surface area contributed by atoms with Crippen LogP contribution in [-0.2, 0) is 0 Å². The lowest BCUT2D eigenvalue weighted by atomic mass is 10.0. The maximum atomic E-state index is 13.9. The molecule has 2 aromatic rings. The van der Waals surface area contributed by atoms with Crippen molar-refractivity contribution in [3.8, 4) is 5.75 Å². The van der Waals surface area contributed by atoms with Crippen molar-refractivity contribution in [3.63, 3.8) is 0 Å². The predicted molar refractivity (Wildman–Crippen MR) is 120 cm³/mol. The third kappa shape index (κ3) is 4.12. The van der Waals surface area contributed by atoms with Gasteiger partial charge in [0.25, 0.3) is 5.91 Å². The number of hydrogen-bond donors (Lipinski definition) is 2. The van der Waals surface area contributed by atoms with Crippen LogP contribution in [0.5, 0.6) is 5.75 Å². The van der Waals surface area contributed by atoms with E-state index in [1.54, 1.807) is 39.2 Å². The molecule has 2 aliphatic heterocycles. The molecule has 1 aromatic carbocycles. The molecule has 2 saturated heterocycles. The fourth-order valence-electron chi connectivity index (χ4n) is 4.39. The van der Waals surface area contributed by atoms with E-state index >= 15 is 0 Å². The molecule has 32 heavy (non-hydrogen) atoms. The summed E-state index contributed by atoms with van der Waals surface area (Å²) in [5.41, 5.74) is 4.55. The van der Waals surface area contributed by atoms with E-state index < -0.39 is 0 Å². The number of rotatable bonds is 6. The molecule has 4 rings (SSSR count). The number of aromatic nitrogens is 2. The van der Waals surface area contributed by atoms with Crippen molar-refractivity contribution >= 4 is 30.0 Å². The summed E-state index contributed by atoms with van der Waals surface area (Å²) in [6.07, 6.45) is 2.35. The highest BCUT2D eigenvalue weighted by Crippen LogP contribution is 2.35. The molecule has 1 amide bonds. The number of nitrogens with one attached hydrogen (secondary N) is 2. The van der Waals surface area contributed by atoms with Gasteiger partial charge in [-0.3, -0.25) is 10.2 Å². The molecule has 2 fully saturated rings. The second kappa shape index (κ2) is 8.89. The molecule has 2 aliphatic rings. The summed E-state index contributed by atoms with van der Waals surface area (Å²) in [6.45, 7) is 6.03. The average molecular weight is 439 g/mol. The maximum Gasteiger partial charge on any atom is 0.256 e. The van der Waals surface area contributed by atoms with Gasteiger partial charge in [0.2, 0.25) is 5.95 Å². The molecule has 10 heteroatoms. The Labute approximate surface area is 185 Å². The Balaban J connectivity index is 1.47. The molecule has 2 atom stereocenters. The topological polar surface area (TPSA) is 107 Å². The first-order valence-corrected chi connectivity index (χ1v) is 10.4. The number of halogens is 1. The number of anilines is 2. The number of hydrazone groups is 1. The van der Waals surface area contributed by atoms with Gasteiger partial charge in [-0.15, -0.1) is 0 Å². The molecule has 2 N–H and O–H groups in total. The highest BCUT2D eigenvalue weighted by molar-refractivity contribution is 6.14. The van der Waals surface area contributed by atoms with Crippen LogP contribution in [0, 0.1) is 36.9 Å². The van der Waals surface area contributed by atoms with Crippen molar-refractivity contribution in [2.24, 2.45) is 16.9 Å². The Morgan fingerprint density at radius 2 is 1.88 bits per heavy atom. The lowest BCUT2D eigenvalue weighted by molar-refractivity contribution is 0.0783. The van der Waals surface area contributed by atoms with Crippen LogP contribution in [0.3, 0.4) is 0 Å². The van der Waals surface area contributed by atoms with Gasteiger partial charge in [0, 0.05) is 50.3 Å². The molecule has 9 nitrogen and oxygen atoms in total. The quantitative estimate of drug-likeness (QED) is 0.529. The fourth-order valence-corrected chi connectivity index (χ4v) is 4.39. The Bertz CT molecular complexity index is 1040. The number of hydrogen-bond acceptors (Lipinski definition) is 8. The zero-order valence-electron chi connectivity index (χ0n) is 18.3. The van der Waals surface area contributed by atoms with E-state index in [4.69, 9.17) is 10.1 Å². The number of carbonyl (C=O) groups is 1. The van der Waals surface area contributed by atoms with E-state index in [-0.39, 0.29) is 11.7 Å². The third-order valence-corrected chi connectivity index (χ3v) is 6.02. The minimum atomic E-state index is -0.362. The number of amides is 1. The number of aryl methyl sites for hydroxylation is 2. The van der Waals surface area contributed by atoms with Gasteiger partial charge in [-0.2, -0.15) is 5.10 Å². The first-order chi connectivity index (χ1) is 15.4. The Hall–Kier alpha value is -3.56. The Kier molecular flexibility index (Phi) is 6.02. The number of benzene rings is 1. The van der Waals surface area contributed by atoms with Crippen LogP contribution in [-0.4, -0.2) is 66.5 Å².